The van der Waals surface area contributed by atoms with E-state index in [4.69, 9.17) is 4.74 Å². The molecule has 2 amide bonds. The normalized spacial score (nSPS) is 12.7. The highest BCUT2D eigenvalue weighted by Crippen LogP contribution is 2.28. The molecule has 0 bridgehead atoms. The van der Waals surface area contributed by atoms with Gasteiger partial charge in [0.1, 0.15) is 18.3 Å². The van der Waals surface area contributed by atoms with E-state index in [1.54, 1.807) is 62.6 Å². The van der Waals surface area contributed by atoms with Crippen molar-refractivity contribution in [3.05, 3.63) is 89.5 Å². The SMILES string of the molecule is CC[C@H](C(=O)N[C@@H](C)CC)N(Cc1cccc(OC)c1)C(=O)CN(c1ccccc1C)S(=O)(=O)c1ccc(C)cc1. The Labute approximate surface area is 244 Å². The molecule has 0 spiro atoms. The summed E-state index contributed by atoms with van der Waals surface area (Å²) < 4.78 is 34.5. The third-order valence-corrected chi connectivity index (χ3v) is 8.92. The van der Waals surface area contributed by atoms with Gasteiger partial charge in [0.05, 0.1) is 17.7 Å². The number of benzene rings is 3. The third-order valence-electron chi connectivity index (χ3n) is 7.15. The second-order valence-electron chi connectivity index (χ2n) is 10.2. The van der Waals surface area contributed by atoms with Crippen LogP contribution in [-0.2, 0) is 26.2 Å². The van der Waals surface area contributed by atoms with Gasteiger partial charge in [0, 0.05) is 12.6 Å². The average Bonchev–Trinajstić information content (AvgIpc) is 2.96. The fourth-order valence-corrected chi connectivity index (χ4v) is 6.00. The van der Waals surface area contributed by atoms with Crippen LogP contribution in [0.3, 0.4) is 0 Å². The van der Waals surface area contributed by atoms with Crippen LogP contribution in [0.4, 0.5) is 5.69 Å². The Morgan fingerprint density at radius 3 is 2.22 bits per heavy atom. The standard InChI is InChI=1S/C32H41N3O5S/c1-7-25(5)33-32(37)29(8-2)34(21-26-13-11-14-27(20-26)40-6)31(36)22-35(30-15-10-9-12-24(30)4)41(38,39)28-18-16-23(3)17-19-28/h9-20,25,29H,7-8,21-22H2,1-6H3,(H,33,37)/t25-,29+/m0/s1. The monoisotopic (exact) mass is 579 g/mol. The second-order valence-corrected chi connectivity index (χ2v) is 12.1. The fourth-order valence-electron chi connectivity index (χ4n) is 4.52. The van der Waals surface area contributed by atoms with Crippen molar-refractivity contribution in [3.8, 4) is 5.75 Å². The van der Waals surface area contributed by atoms with E-state index >= 15 is 0 Å². The van der Waals surface area contributed by atoms with Crippen LogP contribution in [0, 0.1) is 13.8 Å². The molecule has 41 heavy (non-hydrogen) atoms. The van der Waals surface area contributed by atoms with Crippen molar-refractivity contribution < 1.29 is 22.7 Å². The van der Waals surface area contributed by atoms with Crippen LogP contribution < -0.4 is 14.4 Å². The molecule has 220 valence electrons. The Balaban J connectivity index is 2.08. The molecule has 3 rings (SSSR count). The van der Waals surface area contributed by atoms with E-state index in [-0.39, 0.29) is 23.4 Å². The molecule has 3 aromatic carbocycles. The molecule has 8 nitrogen and oxygen atoms in total. The highest BCUT2D eigenvalue weighted by molar-refractivity contribution is 7.92. The first kappa shape index (κ1) is 31.7. The second kappa shape index (κ2) is 14.2. The lowest BCUT2D eigenvalue weighted by Crippen LogP contribution is -2.53. The number of anilines is 1. The number of carbonyl (C=O) groups excluding carboxylic acids is 2. The minimum absolute atomic E-state index is 0.0734. The van der Waals surface area contributed by atoms with E-state index in [9.17, 15) is 18.0 Å². The van der Waals surface area contributed by atoms with Gasteiger partial charge in [-0.3, -0.25) is 13.9 Å². The molecular formula is C32H41N3O5S. The molecule has 0 saturated heterocycles. The summed E-state index contributed by atoms with van der Waals surface area (Å²) in [7, 11) is -2.55. The van der Waals surface area contributed by atoms with Gasteiger partial charge in [0.2, 0.25) is 11.8 Å². The maximum atomic E-state index is 14.2. The lowest BCUT2D eigenvalue weighted by atomic mass is 10.1. The zero-order chi connectivity index (χ0) is 30.2. The predicted molar refractivity (Wildman–Crippen MR) is 162 cm³/mol. The van der Waals surface area contributed by atoms with Crippen LogP contribution >= 0.6 is 0 Å². The Morgan fingerprint density at radius 1 is 0.927 bits per heavy atom. The van der Waals surface area contributed by atoms with Gasteiger partial charge in [-0.05, 0) is 75.1 Å². The molecular weight excluding hydrogens is 538 g/mol. The first-order valence-electron chi connectivity index (χ1n) is 13.9. The number of nitrogens with zero attached hydrogens (tertiary/aromatic N) is 2. The third kappa shape index (κ3) is 7.88. The maximum Gasteiger partial charge on any atom is 0.264 e. The van der Waals surface area contributed by atoms with Crippen LogP contribution in [0.15, 0.2) is 77.7 Å². The molecule has 0 aliphatic carbocycles. The highest BCUT2D eigenvalue weighted by atomic mass is 32.2. The van der Waals surface area contributed by atoms with Crippen molar-refractivity contribution in [2.24, 2.45) is 0 Å². The summed E-state index contributed by atoms with van der Waals surface area (Å²) in [4.78, 5) is 29.2. The number of methoxy groups -OCH3 is 1. The molecule has 2 atom stereocenters. The van der Waals surface area contributed by atoms with Gasteiger partial charge in [-0.1, -0.05) is 61.9 Å². The number of nitrogens with one attached hydrogen (secondary N) is 1. The summed E-state index contributed by atoms with van der Waals surface area (Å²) in [5.74, 6) is -0.143. The number of amides is 2. The van der Waals surface area contributed by atoms with E-state index in [2.05, 4.69) is 5.32 Å². The lowest BCUT2D eigenvalue weighted by Gasteiger charge is -2.34. The average molecular weight is 580 g/mol. The summed E-state index contributed by atoms with van der Waals surface area (Å²) in [5.41, 5.74) is 2.79. The molecule has 0 radical (unpaired) electrons. The van der Waals surface area contributed by atoms with Crippen molar-refractivity contribution in [3.63, 3.8) is 0 Å². The van der Waals surface area contributed by atoms with Gasteiger partial charge in [0.25, 0.3) is 10.0 Å². The highest BCUT2D eigenvalue weighted by Gasteiger charge is 2.34. The molecule has 0 unspecified atom stereocenters. The van der Waals surface area contributed by atoms with E-state index in [1.165, 1.54) is 4.90 Å². The smallest absolute Gasteiger partial charge is 0.264 e. The van der Waals surface area contributed by atoms with Crippen molar-refractivity contribution in [1.29, 1.82) is 0 Å². The van der Waals surface area contributed by atoms with Crippen LogP contribution in [0.5, 0.6) is 5.75 Å². The molecule has 0 heterocycles. The Kier molecular flexibility index (Phi) is 10.9. The van der Waals surface area contributed by atoms with Gasteiger partial charge >= 0.3 is 0 Å². The van der Waals surface area contributed by atoms with Gasteiger partial charge in [0.15, 0.2) is 0 Å². The first-order valence-corrected chi connectivity index (χ1v) is 15.3. The van der Waals surface area contributed by atoms with E-state index in [0.29, 0.717) is 23.4 Å². The summed E-state index contributed by atoms with van der Waals surface area (Å²) in [5, 5.41) is 2.99. The lowest BCUT2D eigenvalue weighted by molar-refractivity contribution is -0.140. The van der Waals surface area contributed by atoms with Crippen LogP contribution in [-0.4, -0.2) is 50.9 Å². The summed E-state index contributed by atoms with van der Waals surface area (Å²) in [6.07, 6.45) is 1.09. The topological polar surface area (TPSA) is 96.0 Å². The molecule has 0 fully saturated rings. The molecule has 0 aromatic heterocycles. The molecule has 1 N–H and O–H groups in total. The molecule has 0 saturated carbocycles. The predicted octanol–water partition coefficient (Wildman–Crippen LogP) is 5.23. The molecule has 0 aliphatic rings. The van der Waals surface area contributed by atoms with Crippen LogP contribution in [0.2, 0.25) is 0 Å². The largest absolute Gasteiger partial charge is 0.497 e. The Hall–Kier alpha value is -3.85. The molecule has 0 aliphatic heterocycles. The Morgan fingerprint density at radius 2 is 1.61 bits per heavy atom. The summed E-state index contributed by atoms with van der Waals surface area (Å²) >= 11 is 0. The fraction of sp³-hybridized carbons (Fsp3) is 0.375. The number of ether oxygens (including phenoxy) is 1. The van der Waals surface area contributed by atoms with E-state index < -0.39 is 28.5 Å². The number of para-hydroxylation sites is 1. The van der Waals surface area contributed by atoms with Gasteiger partial charge < -0.3 is 15.0 Å². The zero-order valence-electron chi connectivity index (χ0n) is 24.8. The van der Waals surface area contributed by atoms with Gasteiger partial charge in [-0.2, -0.15) is 0 Å². The number of aryl methyl sites for hydroxylation is 2. The van der Waals surface area contributed by atoms with Crippen molar-refractivity contribution in [1.82, 2.24) is 10.2 Å². The molecule has 9 heteroatoms. The summed E-state index contributed by atoms with van der Waals surface area (Å²) in [6.45, 7) is 9.04. The van der Waals surface area contributed by atoms with Crippen molar-refractivity contribution in [2.75, 3.05) is 18.0 Å². The van der Waals surface area contributed by atoms with Crippen molar-refractivity contribution in [2.45, 2.75) is 71.0 Å². The minimum Gasteiger partial charge on any atom is -0.497 e. The summed E-state index contributed by atoms with van der Waals surface area (Å²) in [6, 6.07) is 20.0. The van der Waals surface area contributed by atoms with E-state index in [1.807, 2.05) is 52.0 Å². The number of hydrogen-bond donors (Lipinski definition) is 1. The maximum absolute atomic E-state index is 14.2. The first-order chi connectivity index (χ1) is 19.5. The number of rotatable bonds is 13. The molecule has 3 aromatic rings. The minimum atomic E-state index is -4.12. The van der Waals surface area contributed by atoms with Crippen molar-refractivity contribution >= 4 is 27.5 Å². The zero-order valence-corrected chi connectivity index (χ0v) is 25.6. The quantitative estimate of drug-likeness (QED) is 0.299. The Bertz CT molecular complexity index is 1440. The number of hydrogen-bond acceptors (Lipinski definition) is 5. The van der Waals surface area contributed by atoms with Crippen LogP contribution in [0.25, 0.3) is 0 Å². The van der Waals surface area contributed by atoms with Gasteiger partial charge in [-0.25, -0.2) is 8.42 Å². The van der Waals surface area contributed by atoms with E-state index in [0.717, 1.165) is 21.9 Å². The number of carbonyl (C=O) groups is 2. The van der Waals surface area contributed by atoms with Gasteiger partial charge in [-0.15, -0.1) is 0 Å². The number of sulfonamides is 1. The van der Waals surface area contributed by atoms with Crippen LogP contribution in [0.1, 0.15) is 50.3 Å².